The summed E-state index contributed by atoms with van der Waals surface area (Å²) in [6.45, 7) is 4.31. The zero-order valence-corrected chi connectivity index (χ0v) is 19.5. The van der Waals surface area contributed by atoms with Crippen LogP contribution in [0, 0.1) is 6.92 Å². The molecule has 0 fully saturated rings. The third-order valence-corrected chi connectivity index (χ3v) is 6.14. The molecule has 3 aromatic carbocycles. The first-order valence-electron chi connectivity index (χ1n) is 11.5. The molecule has 0 aliphatic rings. The van der Waals surface area contributed by atoms with Gasteiger partial charge in [-0.05, 0) is 60.6 Å². The highest BCUT2D eigenvalue weighted by Gasteiger charge is 2.17. The predicted octanol–water partition coefficient (Wildman–Crippen LogP) is 6.32. The van der Waals surface area contributed by atoms with Crippen LogP contribution in [-0.2, 0) is 24.2 Å². The van der Waals surface area contributed by atoms with E-state index in [0.717, 1.165) is 27.6 Å². The van der Waals surface area contributed by atoms with E-state index in [-0.39, 0.29) is 6.42 Å². The van der Waals surface area contributed by atoms with Gasteiger partial charge in [0.25, 0.3) is 0 Å². The Morgan fingerprint density at radius 1 is 0.941 bits per heavy atom. The van der Waals surface area contributed by atoms with Gasteiger partial charge >= 0.3 is 11.6 Å². The van der Waals surface area contributed by atoms with Crippen molar-refractivity contribution in [2.45, 2.75) is 46.1 Å². The summed E-state index contributed by atoms with van der Waals surface area (Å²) in [6, 6.07) is 22.4. The summed E-state index contributed by atoms with van der Waals surface area (Å²) in [7, 11) is 0. The second kappa shape index (κ2) is 10.4. The maximum Gasteiger partial charge on any atom is 0.339 e. The Morgan fingerprint density at radius 2 is 1.65 bits per heavy atom. The van der Waals surface area contributed by atoms with Crippen molar-refractivity contribution in [1.29, 1.82) is 0 Å². The van der Waals surface area contributed by atoms with E-state index in [0.29, 0.717) is 42.8 Å². The normalized spacial score (nSPS) is 11.0. The molecule has 0 radical (unpaired) electrons. The zero-order chi connectivity index (χ0) is 24.1. The fourth-order valence-electron chi connectivity index (χ4n) is 4.25. The van der Waals surface area contributed by atoms with E-state index in [2.05, 4.69) is 36.4 Å². The molecule has 4 rings (SSSR count). The average molecular weight is 457 g/mol. The number of carboxylic acid groups (broad SMARTS) is 1. The molecule has 34 heavy (non-hydrogen) atoms. The van der Waals surface area contributed by atoms with Gasteiger partial charge in [-0.3, -0.25) is 4.79 Å². The van der Waals surface area contributed by atoms with Crippen molar-refractivity contribution in [3.05, 3.63) is 99.4 Å². The smallest absolute Gasteiger partial charge is 0.339 e. The molecule has 0 aliphatic heterocycles. The van der Waals surface area contributed by atoms with Crippen LogP contribution in [-0.4, -0.2) is 11.1 Å². The van der Waals surface area contributed by atoms with Crippen molar-refractivity contribution in [1.82, 2.24) is 0 Å². The molecule has 1 heterocycles. The first kappa shape index (κ1) is 23.3. The summed E-state index contributed by atoms with van der Waals surface area (Å²) >= 11 is 0. The van der Waals surface area contributed by atoms with Crippen LogP contribution in [0.2, 0.25) is 0 Å². The maximum atomic E-state index is 12.7. The number of aliphatic carboxylic acids is 1. The van der Waals surface area contributed by atoms with Gasteiger partial charge in [-0.1, -0.05) is 61.5 Å². The molecule has 0 spiro atoms. The lowest BCUT2D eigenvalue weighted by molar-refractivity contribution is -0.137. The molecule has 0 saturated carbocycles. The Hall–Kier alpha value is -3.86. The van der Waals surface area contributed by atoms with Crippen molar-refractivity contribution >= 4 is 16.9 Å². The minimum Gasteiger partial charge on any atom is -0.488 e. The largest absolute Gasteiger partial charge is 0.488 e. The maximum absolute atomic E-state index is 12.7. The summed E-state index contributed by atoms with van der Waals surface area (Å²) in [5, 5.41) is 9.75. The first-order valence-corrected chi connectivity index (χ1v) is 11.5. The van der Waals surface area contributed by atoms with Crippen LogP contribution in [0.1, 0.15) is 42.0 Å². The van der Waals surface area contributed by atoms with Gasteiger partial charge in [-0.15, -0.1) is 0 Å². The van der Waals surface area contributed by atoms with Crippen LogP contribution in [0.3, 0.4) is 0 Å². The van der Waals surface area contributed by atoms with Crippen LogP contribution in [0.4, 0.5) is 0 Å². The summed E-state index contributed by atoms with van der Waals surface area (Å²) in [4.78, 5) is 23.5. The summed E-state index contributed by atoms with van der Waals surface area (Å²) in [5.74, 6) is -0.170. The second-order valence-electron chi connectivity index (χ2n) is 8.36. The lowest BCUT2D eigenvalue weighted by Gasteiger charge is -2.15. The molecule has 5 heteroatoms. The van der Waals surface area contributed by atoms with E-state index in [1.165, 1.54) is 5.56 Å². The Labute approximate surface area is 198 Å². The number of fused-ring (bicyclic) bond motifs is 1. The highest BCUT2D eigenvalue weighted by atomic mass is 16.5. The van der Waals surface area contributed by atoms with E-state index in [9.17, 15) is 9.59 Å². The quantitative estimate of drug-likeness (QED) is 0.298. The van der Waals surface area contributed by atoms with Gasteiger partial charge in [0.05, 0.1) is 0 Å². The minimum absolute atomic E-state index is 0.0240. The van der Waals surface area contributed by atoms with Crippen LogP contribution < -0.4 is 10.4 Å². The monoisotopic (exact) mass is 456 g/mol. The van der Waals surface area contributed by atoms with Crippen molar-refractivity contribution < 1.29 is 19.1 Å². The topological polar surface area (TPSA) is 76.7 Å². The molecule has 0 unspecified atom stereocenters. The number of hydrogen-bond donors (Lipinski definition) is 1. The van der Waals surface area contributed by atoms with Crippen LogP contribution in [0.25, 0.3) is 22.1 Å². The predicted molar refractivity (Wildman–Crippen MR) is 133 cm³/mol. The number of ether oxygens (including phenoxy) is 1. The van der Waals surface area contributed by atoms with Gasteiger partial charge in [-0.2, -0.15) is 0 Å². The van der Waals surface area contributed by atoms with Crippen molar-refractivity contribution in [2.75, 3.05) is 0 Å². The number of hydrogen-bond acceptors (Lipinski definition) is 4. The number of rotatable bonds is 9. The third kappa shape index (κ3) is 5.04. The summed E-state index contributed by atoms with van der Waals surface area (Å²) in [6.07, 6.45) is 1.46. The molecule has 0 amide bonds. The fourth-order valence-corrected chi connectivity index (χ4v) is 4.25. The lowest BCUT2D eigenvalue weighted by atomic mass is 9.98. The molecular formula is C29H28O5. The Balaban J connectivity index is 1.56. The highest BCUT2D eigenvalue weighted by molar-refractivity contribution is 5.86. The van der Waals surface area contributed by atoms with E-state index in [1.807, 2.05) is 44.2 Å². The van der Waals surface area contributed by atoms with Gasteiger partial charge in [-0.25, -0.2) is 4.79 Å². The summed E-state index contributed by atoms with van der Waals surface area (Å²) in [5.41, 5.74) is 5.76. The third-order valence-electron chi connectivity index (χ3n) is 6.14. The zero-order valence-electron chi connectivity index (χ0n) is 19.5. The molecular weight excluding hydrogens is 428 g/mol. The molecule has 1 aromatic heterocycles. The molecule has 174 valence electrons. The molecule has 0 atom stereocenters. The first-order chi connectivity index (χ1) is 16.5. The van der Waals surface area contributed by atoms with Crippen molar-refractivity contribution in [3.63, 3.8) is 0 Å². The van der Waals surface area contributed by atoms with Crippen LogP contribution in [0.15, 0.2) is 75.9 Å². The average Bonchev–Trinajstić information content (AvgIpc) is 2.85. The van der Waals surface area contributed by atoms with Crippen LogP contribution in [0.5, 0.6) is 5.75 Å². The second-order valence-corrected chi connectivity index (χ2v) is 8.36. The molecule has 0 saturated heterocycles. The van der Waals surface area contributed by atoms with Gasteiger partial charge in [0.15, 0.2) is 0 Å². The lowest BCUT2D eigenvalue weighted by Crippen LogP contribution is -2.12. The van der Waals surface area contributed by atoms with E-state index in [1.54, 1.807) is 0 Å². The van der Waals surface area contributed by atoms with Crippen LogP contribution >= 0.6 is 0 Å². The summed E-state index contributed by atoms with van der Waals surface area (Å²) < 4.78 is 11.9. The van der Waals surface area contributed by atoms with E-state index >= 15 is 0 Å². The van der Waals surface area contributed by atoms with Gasteiger partial charge < -0.3 is 14.3 Å². The number of carbonyl (C=O) groups is 1. The number of benzene rings is 3. The van der Waals surface area contributed by atoms with E-state index in [4.69, 9.17) is 14.3 Å². The molecule has 1 N–H and O–H groups in total. The van der Waals surface area contributed by atoms with Gasteiger partial charge in [0.1, 0.15) is 17.9 Å². The van der Waals surface area contributed by atoms with Gasteiger partial charge in [0, 0.05) is 22.9 Å². The van der Waals surface area contributed by atoms with E-state index < -0.39 is 11.6 Å². The molecule has 0 bridgehead atoms. The number of aryl methyl sites for hydroxylation is 2. The Kier molecular flexibility index (Phi) is 7.12. The molecule has 0 aliphatic carbocycles. The fraction of sp³-hybridized carbons (Fsp3) is 0.241. The SMILES string of the molecule is CCc1c(OCc2ccc(-c3ccccc3)cc2)ccc2c(C)c(CCCC(=O)O)c(=O)oc12. The Bertz CT molecular complexity index is 1350. The Morgan fingerprint density at radius 3 is 2.32 bits per heavy atom. The van der Waals surface area contributed by atoms with Gasteiger partial charge in [0.2, 0.25) is 0 Å². The van der Waals surface area contributed by atoms with Crippen molar-refractivity contribution in [2.24, 2.45) is 0 Å². The highest BCUT2D eigenvalue weighted by Crippen LogP contribution is 2.31. The number of carboxylic acids is 1. The standard InChI is InChI=1S/C29H28O5/c1-3-23-26(33-18-20-12-14-22(15-13-20)21-8-5-4-6-9-21)17-16-24-19(2)25(10-7-11-27(30)31)29(32)34-28(23)24/h4-6,8-9,12-17H,3,7,10-11,18H2,1-2H3,(H,30,31). The molecule has 5 nitrogen and oxygen atoms in total. The molecule has 4 aromatic rings. The minimum atomic E-state index is -0.868. The van der Waals surface area contributed by atoms with Crippen molar-refractivity contribution in [3.8, 4) is 16.9 Å².